The largest absolute Gasteiger partial charge is 0.393 e. The highest BCUT2D eigenvalue weighted by Crippen LogP contribution is 2.31. The Morgan fingerprint density at radius 1 is 1.38 bits per heavy atom. The highest BCUT2D eigenvalue weighted by molar-refractivity contribution is 6.01. The summed E-state index contributed by atoms with van der Waals surface area (Å²) >= 11 is 0. The molecule has 2 bridgehead atoms. The summed E-state index contributed by atoms with van der Waals surface area (Å²) < 4.78 is 19.1. The Hall–Kier alpha value is -2.22. The number of benzene rings is 1. The zero-order chi connectivity index (χ0) is 15.1. The van der Waals surface area contributed by atoms with Crippen LogP contribution in [0.3, 0.4) is 0 Å². The van der Waals surface area contributed by atoms with Gasteiger partial charge in [0, 0.05) is 13.1 Å². The third kappa shape index (κ3) is 2.42. The molecule has 8 heteroatoms. The van der Waals surface area contributed by atoms with Crippen molar-refractivity contribution in [3.8, 4) is 0 Å². The maximum atomic E-state index is 13.5. The van der Waals surface area contributed by atoms with Gasteiger partial charge in [-0.15, -0.1) is 0 Å². The minimum Gasteiger partial charge on any atom is -0.393 e. The summed E-state index contributed by atoms with van der Waals surface area (Å²) in [6.45, 7) is 0.804. The van der Waals surface area contributed by atoms with Crippen LogP contribution in [-0.4, -0.2) is 41.0 Å². The lowest BCUT2D eigenvalue weighted by atomic mass is 10.1. The average molecular weight is 295 g/mol. The second kappa shape index (κ2) is 4.96. The predicted octanol–water partition coefficient (Wildman–Crippen LogP) is 1.32. The number of anilines is 1. The smallest absolute Gasteiger partial charge is 0.295 e. The molecule has 2 saturated heterocycles. The van der Waals surface area contributed by atoms with Crippen LogP contribution in [0.5, 0.6) is 0 Å². The Morgan fingerprint density at radius 3 is 2.57 bits per heavy atom. The molecule has 3 rings (SSSR count). The first-order valence-corrected chi connectivity index (χ1v) is 6.64. The van der Waals surface area contributed by atoms with Crippen molar-refractivity contribution >= 4 is 17.3 Å². The van der Waals surface area contributed by atoms with Crippen LogP contribution in [0.4, 0.5) is 15.8 Å². The zero-order valence-corrected chi connectivity index (χ0v) is 11.1. The van der Waals surface area contributed by atoms with Gasteiger partial charge in [-0.2, -0.15) is 0 Å². The molecule has 1 aromatic carbocycles. The lowest BCUT2D eigenvalue weighted by molar-refractivity contribution is -0.384. The maximum Gasteiger partial charge on any atom is 0.295 e. The van der Waals surface area contributed by atoms with Crippen LogP contribution in [0.1, 0.15) is 23.2 Å². The second-order valence-electron chi connectivity index (χ2n) is 5.31. The number of carbonyl (C=O) groups is 1. The summed E-state index contributed by atoms with van der Waals surface area (Å²) in [6, 6.07) is 1.66. The van der Waals surface area contributed by atoms with E-state index in [9.17, 15) is 19.3 Å². The molecule has 2 atom stereocenters. The highest BCUT2D eigenvalue weighted by Gasteiger charge is 2.37. The molecule has 0 saturated carbocycles. The van der Waals surface area contributed by atoms with Crippen molar-refractivity contribution in [1.82, 2.24) is 4.90 Å². The van der Waals surface area contributed by atoms with Crippen LogP contribution in [0.2, 0.25) is 0 Å². The Kier molecular flexibility index (Phi) is 3.25. The minimum absolute atomic E-state index is 0.0162. The third-order valence-electron chi connectivity index (χ3n) is 3.88. The van der Waals surface area contributed by atoms with E-state index in [1.54, 1.807) is 0 Å². The van der Waals surface area contributed by atoms with E-state index in [2.05, 4.69) is 0 Å². The number of hydrogen-bond acceptors (Lipinski definition) is 5. The molecular weight excluding hydrogens is 281 g/mol. The number of halogens is 1. The van der Waals surface area contributed by atoms with E-state index in [0.717, 1.165) is 25.0 Å². The molecule has 2 aliphatic heterocycles. The number of morpholine rings is 1. The maximum absolute atomic E-state index is 13.5. The number of nitro benzene ring substituents is 1. The van der Waals surface area contributed by atoms with E-state index >= 15 is 0 Å². The van der Waals surface area contributed by atoms with E-state index in [-0.39, 0.29) is 23.5 Å². The first kappa shape index (κ1) is 13.7. The molecule has 0 spiro atoms. The Morgan fingerprint density at radius 2 is 2.00 bits per heavy atom. The van der Waals surface area contributed by atoms with E-state index < -0.39 is 22.3 Å². The monoisotopic (exact) mass is 295 g/mol. The number of amides is 1. The zero-order valence-electron chi connectivity index (χ0n) is 11.1. The number of hydrogen-bond donors (Lipinski definition) is 1. The van der Waals surface area contributed by atoms with Crippen molar-refractivity contribution in [1.29, 1.82) is 0 Å². The molecule has 2 fully saturated rings. The fourth-order valence-electron chi connectivity index (χ4n) is 2.88. The summed E-state index contributed by atoms with van der Waals surface area (Å²) in [4.78, 5) is 24.1. The van der Waals surface area contributed by atoms with Crippen LogP contribution in [-0.2, 0) is 4.74 Å². The molecule has 0 aromatic heterocycles. The number of nitrogens with two attached hydrogens (primary N) is 1. The summed E-state index contributed by atoms with van der Waals surface area (Å²) in [5, 5.41) is 10.9. The first-order chi connectivity index (χ1) is 9.95. The van der Waals surface area contributed by atoms with Gasteiger partial charge < -0.3 is 15.4 Å². The molecule has 2 N–H and O–H groups in total. The van der Waals surface area contributed by atoms with Gasteiger partial charge in [-0.25, -0.2) is 4.39 Å². The number of fused-ring (bicyclic) bond motifs is 2. The van der Waals surface area contributed by atoms with Crippen LogP contribution >= 0.6 is 0 Å². The van der Waals surface area contributed by atoms with Crippen molar-refractivity contribution in [2.45, 2.75) is 25.0 Å². The van der Waals surface area contributed by atoms with Crippen molar-refractivity contribution < 1.29 is 18.8 Å². The van der Waals surface area contributed by atoms with Crippen molar-refractivity contribution in [3.63, 3.8) is 0 Å². The van der Waals surface area contributed by atoms with Gasteiger partial charge in [-0.05, 0) is 18.9 Å². The number of rotatable bonds is 2. The summed E-state index contributed by atoms with van der Waals surface area (Å²) in [5.74, 6) is -1.34. The van der Waals surface area contributed by atoms with Gasteiger partial charge >= 0.3 is 0 Å². The fourth-order valence-corrected chi connectivity index (χ4v) is 2.88. The van der Waals surface area contributed by atoms with E-state index in [1.165, 1.54) is 4.90 Å². The van der Waals surface area contributed by atoms with Gasteiger partial charge in [0.05, 0.1) is 28.8 Å². The van der Waals surface area contributed by atoms with Gasteiger partial charge in [0.25, 0.3) is 11.6 Å². The number of nitrogens with zero attached hydrogens (tertiary/aromatic N) is 2. The van der Waals surface area contributed by atoms with Gasteiger partial charge in [0.2, 0.25) is 0 Å². The van der Waals surface area contributed by atoms with Crippen molar-refractivity contribution in [2.75, 3.05) is 18.8 Å². The molecule has 0 aliphatic carbocycles. The summed E-state index contributed by atoms with van der Waals surface area (Å²) in [5.41, 5.74) is 4.61. The number of ether oxygens (including phenoxy) is 1. The van der Waals surface area contributed by atoms with E-state index in [0.29, 0.717) is 13.1 Å². The molecule has 2 heterocycles. The average Bonchev–Trinajstić information content (AvgIpc) is 2.78. The highest BCUT2D eigenvalue weighted by atomic mass is 19.1. The third-order valence-corrected chi connectivity index (χ3v) is 3.88. The second-order valence-corrected chi connectivity index (χ2v) is 5.31. The molecule has 7 nitrogen and oxygen atoms in total. The minimum atomic E-state index is -0.851. The first-order valence-electron chi connectivity index (χ1n) is 6.64. The number of nitrogen functional groups attached to an aromatic ring is 1. The Bertz CT molecular complexity index is 610. The van der Waals surface area contributed by atoms with Crippen molar-refractivity contribution in [3.05, 3.63) is 33.6 Å². The molecule has 1 amide bonds. The van der Waals surface area contributed by atoms with Crippen LogP contribution in [0.25, 0.3) is 0 Å². The quantitative estimate of drug-likeness (QED) is 0.504. The molecule has 112 valence electrons. The van der Waals surface area contributed by atoms with Crippen molar-refractivity contribution in [2.24, 2.45) is 0 Å². The molecule has 2 aliphatic rings. The predicted molar refractivity (Wildman–Crippen MR) is 71.3 cm³/mol. The lowest BCUT2D eigenvalue weighted by Gasteiger charge is -2.32. The number of carbonyl (C=O) groups excluding carboxylic acids is 1. The standard InChI is InChI=1S/C13H14FN3O4/c14-7-3-10(12(15)11(4-7)17(19)20)13(18)16-5-8-1-2-9(6-16)21-8/h3-4,8-9H,1-2,5-6,15H2. The number of nitro groups is 1. The Labute approximate surface area is 119 Å². The van der Waals surface area contributed by atoms with Gasteiger partial charge in [0.1, 0.15) is 11.5 Å². The molecular formula is C13H14FN3O4. The molecule has 2 unspecified atom stereocenters. The van der Waals surface area contributed by atoms with Crippen LogP contribution < -0.4 is 5.73 Å². The van der Waals surface area contributed by atoms with Crippen LogP contribution in [0.15, 0.2) is 12.1 Å². The van der Waals surface area contributed by atoms with Gasteiger partial charge in [0.15, 0.2) is 0 Å². The Balaban J connectivity index is 1.93. The van der Waals surface area contributed by atoms with Gasteiger partial charge in [-0.1, -0.05) is 0 Å². The number of likely N-dealkylation sites (tertiary alicyclic amines) is 1. The topological polar surface area (TPSA) is 98.7 Å². The van der Waals surface area contributed by atoms with Gasteiger partial charge in [-0.3, -0.25) is 14.9 Å². The fraction of sp³-hybridized carbons (Fsp3) is 0.462. The molecule has 0 radical (unpaired) electrons. The summed E-state index contributed by atoms with van der Waals surface area (Å²) in [7, 11) is 0. The van der Waals surface area contributed by atoms with Crippen LogP contribution in [0, 0.1) is 15.9 Å². The SMILES string of the molecule is Nc1c(C(=O)N2CC3CCC(C2)O3)cc(F)cc1[N+](=O)[O-]. The molecule has 1 aromatic rings. The lowest BCUT2D eigenvalue weighted by Crippen LogP contribution is -2.46. The van der Waals surface area contributed by atoms with E-state index in [4.69, 9.17) is 10.5 Å². The van der Waals surface area contributed by atoms with E-state index in [1.807, 2.05) is 0 Å². The normalized spacial score (nSPS) is 24.1. The summed E-state index contributed by atoms with van der Waals surface area (Å²) in [6.07, 6.45) is 1.73. The molecule has 21 heavy (non-hydrogen) atoms.